The Kier molecular flexibility index (Phi) is 7.28. The van der Waals surface area contributed by atoms with Crippen LogP contribution in [-0.4, -0.2) is 26.5 Å². The average Bonchev–Trinajstić information content (AvgIpc) is 2.73. The molecule has 1 aliphatic rings. The summed E-state index contributed by atoms with van der Waals surface area (Å²) in [4.78, 5) is 12.7. The lowest BCUT2D eigenvalue weighted by Crippen LogP contribution is -2.36. The monoisotopic (exact) mass is 416 g/mol. The van der Waals surface area contributed by atoms with Crippen LogP contribution in [0.15, 0.2) is 59.5 Å². The molecular weight excluding hydrogens is 388 g/mol. The molecule has 2 N–H and O–H groups in total. The Hall–Kier alpha value is -2.38. The summed E-state index contributed by atoms with van der Waals surface area (Å²) in [6.07, 6.45) is 4.93. The summed E-state index contributed by atoms with van der Waals surface area (Å²) in [6.45, 7) is 1.87. The van der Waals surface area contributed by atoms with Crippen molar-refractivity contribution in [2.45, 2.75) is 62.5 Å². The lowest BCUT2D eigenvalue weighted by molar-refractivity contribution is -0.122. The van der Waals surface area contributed by atoms with Crippen LogP contribution in [-0.2, 0) is 14.8 Å². The number of hydrogen-bond acceptors (Lipinski definition) is 4. The number of ether oxygens (including phenoxy) is 1. The van der Waals surface area contributed by atoms with Crippen molar-refractivity contribution in [2.24, 2.45) is 0 Å². The second-order valence-electron chi connectivity index (χ2n) is 7.30. The molecule has 1 aliphatic carbocycles. The molecule has 0 aromatic heterocycles. The first-order valence-corrected chi connectivity index (χ1v) is 11.6. The molecule has 29 heavy (non-hydrogen) atoms. The van der Waals surface area contributed by atoms with Crippen molar-refractivity contribution >= 4 is 21.6 Å². The number of anilines is 1. The van der Waals surface area contributed by atoms with Crippen molar-refractivity contribution in [1.29, 1.82) is 0 Å². The summed E-state index contributed by atoms with van der Waals surface area (Å²) < 4.78 is 33.7. The van der Waals surface area contributed by atoms with E-state index >= 15 is 0 Å². The fraction of sp³-hybridized carbons (Fsp3) is 0.409. The van der Waals surface area contributed by atoms with Gasteiger partial charge in [0, 0.05) is 11.7 Å². The number of carbonyl (C=O) groups excluding carboxylic acids is 1. The lowest BCUT2D eigenvalue weighted by Gasteiger charge is -2.22. The molecule has 1 fully saturated rings. The number of hydrogen-bond donors (Lipinski definition) is 2. The van der Waals surface area contributed by atoms with E-state index in [0.29, 0.717) is 17.9 Å². The van der Waals surface area contributed by atoms with Gasteiger partial charge in [0.2, 0.25) is 10.0 Å². The van der Waals surface area contributed by atoms with Gasteiger partial charge in [-0.3, -0.25) is 4.79 Å². The molecule has 2 aromatic carbocycles. The van der Waals surface area contributed by atoms with Gasteiger partial charge in [-0.15, -0.1) is 0 Å². The van der Waals surface area contributed by atoms with Gasteiger partial charge in [-0.1, -0.05) is 44.4 Å². The number of rotatable bonds is 8. The maximum absolute atomic E-state index is 12.6. The van der Waals surface area contributed by atoms with E-state index in [2.05, 4.69) is 10.0 Å². The fourth-order valence-corrected chi connectivity index (χ4v) is 4.74. The first-order valence-electron chi connectivity index (χ1n) is 10.1. The number of nitrogens with one attached hydrogen (secondary N) is 2. The number of benzene rings is 2. The van der Waals surface area contributed by atoms with Crippen LogP contribution in [0.25, 0.3) is 0 Å². The van der Waals surface area contributed by atoms with Gasteiger partial charge in [0.1, 0.15) is 5.75 Å². The summed E-state index contributed by atoms with van der Waals surface area (Å²) >= 11 is 0. The Balaban J connectivity index is 1.61. The molecule has 1 amide bonds. The van der Waals surface area contributed by atoms with Crippen LogP contribution in [0.3, 0.4) is 0 Å². The summed E-state index contributed by atoms with van der Waals surface area (Å²) in [7, 11) is -3.55. The molecule has 0 aliphatic heterocycles. The number of sulfonamides is 1. The van der Waals surface area contributed by atoms with E-state index in [1.807, 2.05) is 25.1 Å². The molecule has 0 spiro atoms. The van der Waals surface area contributed by atoms with Crippen LogP contribution in [0.1, 0.15) is 45.4 Å². The van der Waals surface area contributed by atoms with E-state index in [9.17, 15) is 13.2 Å². The van der Waals surface area contributed by atoms with Gasteiger partial charge in [-0.25, -0.2) is 13.1 Å². The summed E-state index contributed by atoms with van der Waals surface area (Å²) in [5.41, 5.74) is 0.529. The standard InChI is InChI=1S/C22H28N2O4S/c1-2-21(28-19-11-7-4-8-12-19)22(25)23-17-13-15-20(16-14-17)29(26,27)24-18-9-5-3-6-10-18/h4,7-8,11-16,18,21,24H,2-3,5-6,9-10H2,1H3,(H,23,25). The van der Waals surface area contributed by atoms with Crippen molar-refractivity contribution in [2.75, 3.05) is 5.32 Å². The van der Waals surface area contributed by atoms with Crippen LogP contribution >= 0.6 is 0 Å². The van der Waals surface area contributed by atoms with Crippen LogP contribution in [0.5, 0.6) is 5.75 Å². The quantitative estimate of drug-likeness (QED) is 0.679. The van der Waals surface area contributed by atoms with Gasteiger partial charge in [0.25, 0.3) is 5.91 Å². The minimum atomic E-state index is -3.55. The molecule has 7 heteroatoms. The second-order valence-corrected chi connectivity index (χ2v) is 9.01. The minimum absolute atomic E-state index is 0.00794. The first-order chi connectivity index (χ1) is 14.0. The zero-order chi connectivity index (χ0) is 20.7. The molecule has 0 bridgehead atoms. The Labute approximate surface area is 172 Å². The van der Waals surface area contributed by atoms with Crippen LogP contribution < -0.4 is 14.8 Å². The smallest absolute Gasteiger partial charge is 0.265 e. The number of para-hydroxylation sites is 1. The normalized spacial score (nSPS) is 16.2. The van der Waals surface area contributed by atoms with E-state index in [1.165, 1.54) is 18.6 Å². The molecule has 1 saturated carbocycles. The van der Waals surface area contributed by atoms with E-state index in [0.717, 1.165) is 25.7 Å². The van der Waals surface area contributed by atoms with Gasteiger partial charge in [0.15, 0.2) is 6.10 Å². The molecule has 1 atom stereocenters. The van der Waals surface area contributed by atoms with Crippen LogP contribution in [0.2, 0.25) is 0 Å². The molecule has 3 rings (SSSR count). The highest BCUT2D eigenvalue weighted by Crippen LogP contribution is 2.21. The highest BCUT2D eigenvalue weighted by Gasteiger charge is 2.22. The van der Waals surface area contributed by atoms with Crippen molar-refractivity contribution < 1.29 is 17.9 Å². The van der Waals surface area contributed by atoms with Gasteiger partial charge in [0.05, 0.1) is 4.90 Å². The third-order valence-electron chi connectivity index (χ3n) is 5.04. The molecule has 6 nitrogen and oxygen atoms in total. The van der Waals surface area contributed by atoms with Gasteiger partial charge >= 0.3 is 0 Å². The number of amides is 1. The third-order valence-corrected chi connectivity index (χ3v) is 6.58. The number of carbonyl (C=O) groups is 1. The maximum atomic E-state index is 12.6. The predicted octanol–water partition coefficient (Wildman–Crippen LogP) is 4.09. The molecule has 0 heterocycles. The largest absolute Gasteiger partial charge is 0.481 e. The molecular formula is C22H28N2O4S. The van der Waals surface area contributed by atoms with Gasteiger partial charge in [-0.2, -0.15) is 0 Å². The molecule has 1 unspecified atom stereocenters. The minimum Gasteiger partial charge on any atom is -0.481 e. The Morgan fingerprint density at radius 3 is 2.31 bits per heavy atom. The molecule has 156 valence electrons. The van der Waals surface area contributed by atoms with Crippen molar-refractivity contribution in [3.05, 3.63) is 54.6 Å². The Bertz CT molecular complexity index is 892. The van der Waals surface area contributed by atoms with E-state index in [1.54, 1.807) is 24.3 Å². The Morgan fingerprint density at radius 2 is 1.69 bits per heavy atom. The van der Waals surface area contributed by atoms with Crippen LogP contribution in [0.4, 0.5) is 5.69 Å². The molecule has 0 saturated heterocycles. The zero-order valence-electron chi connectivity index (χ0n) is 16.6. The van der Waals surface area contributed by atoms with Crippen molar-refractivity contribution in [3.8, 4) is 5.75 Å². The lowest BCUT2D eigenvalue weighted by atomic mass is 9.96. The topological polar surface area (TPSA) is 84.5 Å². The SMILES string of the molecule is CCC(Oc1ccccc1)C(=O)Nc1ccc(S(=O)(=O)NC2CCCCC2)cc1. The summed E-state index contributed by atoms with van der Waals surface area (Å²) in [5, 5.41) is 2.79. The predicted molar refractivity (Wildman–Crippen MR) is 113 cm³/mol. The van der Waals surface area contributed by atoms with Crippen LogP contribution in [0, 0.1) is 0 Å². The van der Waals surface area contributed by atoms with Crippen molar-refractivity contribution in [3.63, 3.8) is 0 Å². The third kappa shape index (κ3) is 6.05. The molecule has 2 aromatic rings. The molecule has 0 radical (unpaired) electrons. The summed E-state index contributed by atoms with van der Waals surface area (Å²) in [6, 6.07) is 15.4. The van der Waals surface area contributed by atoms with Gasteiger partial charge < -0.3 is 10.1 Å². The summed E-state index contributed by atoms with van der Waals surface area (Å²) in [5.74, 6) is 0.358. The van der Waals surface area contributed by atoms with E-state index in [-0.39, 0.29) is 16.8 Å². The second kappa shape index (κ2) is 9.89. The highest BCUT2D eigenvalue weighted by atomic mass is 32.2. The first kappa shape index (κ1) is 21.3. The average molecular weight is 417 g/mol. The highest BCUT2D eigenvalue weighted by molar-refractivity contribution is 7.89. The van der Waals surface area contributed by atoms with Gasteiger partial charge in [-0.05, 0) is 55.7 Å². The van der Waals surface area contributed by atoms with Crippen molar-refractivity contribution in [1.82, 2.24) is 4.72 Å². The van der Waals surface area contributed by atoms with E-state index in [4.69, 9.17) is 4.74 Å². The zero-order valence-corrected chi connectivity index (χ0v) is 17.5. The Morgan fingerprint density at radius 1 is 1.03 bits per heavy atom. The van der Waals surface area contributed by atoms with E-state index < -0.39 is 16.1 Å². The maximum Gasteiger partial charge on any atom is 0.265 e. The fourth-order valence-electron chi connectivity index (χ4n) is 3.43.